The largest absolute Gasteiger partial charge is 0.389 e. The van der Waals surface area contributed by atoms with Gasteiger partial charge in [0.15, 0.2) is 0 Å². The number of rotatable bonds is 6. The molecule has 9 heteroatoms. The van der Waals surface area contributed by atoms with Gasteiger partial charge in [0.25, 0.3) is 0 Å². The van der Waals surface area contributed by atoms with E-state index in [9.17, 15) is 14.3 Å². The van der Waals surface area contributed by atoms with Crippen molar-refractivity contribution in [2.24, 2.45) is 0 Å². The summed E-state index contributed by atoms with van der Waals surface area (Å²) in [7, 11) is 0. The predicted octanol–water partition coefficient (Wildman–Crippen LogP) is 4.04. The lowest BCUT2D eigenvalue weighted by Crippen LogP contribution is -2.51. The summed E-state index contributed by atoms with van der Waals surface area (Å²) in [5, 5.41) is 20.2. The van der Waals surface area contributed by atoms with Crippen molar-refractivity contribution in [1.82, 2.24) is 15.1 Å². The quantitative estimate of drug-likeness (QED) is 0.524. The molecule has 3 N–H and O–H groups in total. The van der Waals surface area contributed by atoms with Crippen molar-refractivity contribution in [1.29, 1.82) is 0 Å². The van der Waals surface area contributed by atoms with Gasteiger partial charge in [-0.3, -0.25) is 0 Å². The molecule has 0 radical (unpaired) electrons. The van der Waals surface area contributed by atoms with Crippen LogP contribution in [0.25, 0.3) is 5.69 Å². The molecular weight excluding hydrogens is 433 g/mol. The maximum atomic E-state index is 14.4. The monoisotopic (exact) mass is 455 g/mol. The number of benzene rings is 2. The van der Waals surface area contributed by atoms with Crippen LogP contribution in [0.4, 0.5) is 20.6 Å². The number of nitrogens with zero attached hydrogens (tertiary/aromatic N) is 3. The molecular formula is C23H23ClFN5O2. The van der Waals surface area contributed by atoms with E-state index in [-0.39, 0.29) is 6.54 Å². The Labute approximate surface area is 189 Å². The maximum absolute atomic E-state index is 14.4. The molecule has 1 saturated carbocycles. The van der Waals surface area contributed by atoms with Gasteiger partial charge in [-0.05, 0) is 55.3 Å². The molecule has 3 aromatic rings. The number of carbonyl (C=O) groups excluding carboxylic acids is 1. The van der Waals surface area contributed by atoms with Crippen molar-refractivity contribution in [3.05, 3.63) is 70.8 Å². The third kappa shape index (κ3) is 4.42. The summed E-state index contributed by atoms with van der Waals surface area (Å²) >= 11 is 6.14. The second-order valence-electron chi connectivity index (χ2n) is 8.26. The Morgan fingerprint density at radius 1 is 1.19 bits per heavy atom. The fourth-order valence-electron chi connectivity index (χ4n) is 3.82. The lowest BCUT2D eigenvalue weighted by atomic mass is 10.1. The Hall–Kier alpha value is -3.10. The first-order valence-electron chi connectivity index (χ1n) is 10.6. The first-order chi connectivity index (χ1) is 15.5. The highest BCUT2D eigenvalue weighted by molar-refractivity contribution is 6.30. The highest BCUT2D eigenvalue weighted by Gasteiger charge is 2.28. The van der Waals surface area contributed by atoms with Crippen LogP contribution in [0, 0.1) is 5.82 Å². The fraction of sp³-hybridized carbons (Fsp3) is 0.304. The van der Waals surface area contributed by atoms with Crippen LogP contribution in [-0.2, 0) is 6.54 Å². The first-order valence-corrected chi connectivity index (χ1v) is 11.0. The molecule has 0 atom stereocenters. The molecule has 32 heavy (non-hydrogen) atoms. The summed E-state index contributed by atoms with van der Waals surface area (Å²) < 4.78 is 16.2. The van der Waals surface area contributed by atoms with Gasteiger partial charge in [-0.2, -0.15) is 5.10 Å². The number of aromatic nitrogens is 2. The number of β-amino-alcohol motifs (C(OH)–C–C–N with tert-alkyl or cyclic N) is 1. The number of aliphatic hydroxyl groups excluding tert-OH is 1. The van der Waals surface area contributed by atoms with E-state index in [4.69, 9.17) is 16.7 Å². The molecule has 2 aromatic carbocycles. The average molecular weight is 456 g/mol. The van der Waals surface area contributed by atoms with Crippen molar-refractivity contribution in [3.63, 3.8) is 0 Å². The molecule has 2 aliphatic rings. The Balaban J connectivity index is 1.25. The zero-order valence-electron chi connectivity index (χ0n) is 17.3. The number of urea groups is 1. The van der Waals surface area contributed by atoms with E-state index in [0.29, 0.717) is 35.4 Å². The molecule has 1 aliphatic heterocycles. The molecule has 166 valence electrons. The molecule has 0 unspecified atom stereocenters. The normalized spacial score (nSPS) is 16.0. The minimum atomic E-state index is -0.442. The average Bonchev–Trinajstić information content (AvgIpc) is 3.50. The SMILES string of the molecule is O=C(NCc1cc(C2CC2)nn1-c1cccc(Cl)c1)Nc1ccc(N2CC(O)C2)c(F)c1. The second kappa shape index (κ2) is 8.44. The molecule has 5 rings (SSSR count). The van der Waals surface area contributed by atoms with Gasteiger partial charge in [0.2, 0.25) is 0 Å². The predicted molar refractivity (Wildman–Crippen MR) is 121 cm³/mol. The maximum Gasteiger partial charge on any atom is 0.319 e. The van der Waals surface area contributed by atoms with E-state index in [0.717, 1.165) is 29.9 Å². The second-order valence-corrected chi connectivity index (χ2v) is 8.70. The number of hydrogen-bond acceptors (Lipinski definition) is 4. The molecule has 2 amide bonds. The van der Waals surface area contributed by atoms with Crippen molar-refractivity contribution in [2.45, 2.75) is 31.4 Å². The summed E-state index contributed by atoms with van der Waals surface area (Å²) in [6.07, 6.45) is 1.83. The van der Waals surface area contributed by atoms with Crippen LogP contribution in [0.1, 0.15) is 30.1 Å². The summed E-state index contributed by atoms with van der Waals surface area (Å²) in [6, 6.07) is 13.5. The van der Waals surface area contributed by atoms with E-state index >= 15 is 0 Å². The van der Waals surface area contributed by atoms with Crippen LogP contribution in [0.5, 0.6) is 0 Å². The lowest BCUT2D eigenvalue weighted by molar-refractivity contribution is 0.141. The minimum absolute atomic E-state index is 0.254. The highest BCUT2D eigenvalue weighted by Crippen LogP contribution is 2.39. The Morgan fingerprint density at radius 2 is 2.00 bits per heavy atom. The van der Waals surface area contributed by atoms with Gasteiger partial charge in [0.1, 0.15) is 5.82 Å². The highest BCUT2D eigenvalue weighted by atomic mass is 35.5. The van der Waals surface area contributed by atoms with Crippen LogP contribution >= 0.6 is 11.6 Å². The van der Waals surface area contributed by atoms with Gasteiger partial charge in [0, 0.05) is 29.7 Å². The van der Waals surface area contributed by atoms with Crippen molar-refractivity contribution in [2.75, 3.05) is 23.3 Å². The van der Waals surface area contributed by atoms with Crippen molar-refractivity contribution in [3.8, 4) is 5.69 Å². The van der Waals surface area contributed by atoms with Gasteiger partial charge in [-0.1, -0.05) is 17.7 Å². The minimum Gasteiger partial charge on any atom is -0.389 e. The van der Waals surface area contributed by atoms with Crippen LogP contribution < -0.4 is 15.5 Å². The fourth-order valence-corrected chi connectivity index (χ4v) is 4.00. The molecule has 1 saturated heterocycles. The van der Waals surface area contributed by atoms with E-state index in [1.54, 1.807) is 27.8 Å². The van der Waals surface area contributed by atoms with Gasteiger partial charge < -0.3 is 20.6 Å². The Morgan fingerprint density at radius 3 is 2.69 bits per heavy atom. The zero-order valence-corrected chi connectivity index (χ0v) is 18.0. The Kier molecular flexibility index (Phi) is 5.48. The first kappa shape index (κ1) is 20.8. The molecule has 2 fully saturated rings. The third-order valence-electron chi connectivity index (χ3n) is 5.69. The summed E-state index contributed by atoms with van der Waals surface area (Å²) in [6.45, 7) is 1.07. The molecule has 7 nitrogen and oxygen atoms in total. The number of anilines is 2. The molecule has 0 bridgehead atoms. The molecule has 0 spiro atoms. The van der Waals surface area contributed by atoms with Crippen LogP contribution in [0.3, 0.4) is 0 Å². The van der Waals surface area contributed by atoms with E-state index < -0.39 is 18.0 Å². The molecule has 2 heterocycles. The Bertz CT molecular complexity index is 1160. The van der Waals surface area contributed by atoms with Gasteiger partial charge >= 0.3 is 6.03 Å². The van der Waals surface area contributed by atoms with Gasteiger partial charge in [-0.25, -0.2) is 13.9 Å². The summed E-state index contributed by atoms with van der Waals surface area (Å²) in [4.78, 5) is 14.2. The zero-order chi connectivity index (χ0) is 22.2. The van der Waals surface area contributed by atoms with Crippen molar-refractivity contribution < 1.29 is 14.3 Å². The molecule has 1 aliphatic carbocycles. The topological polar surface area (TPSA) is 82.4 Å². The summed E-state index contributed by atoms with van der Waals surface area (Å²) in [5.74, 6) is 0.0276. The number of carbonyl (C=O) groups is 1. The van der Waals surface area contributed by atoms with Crippen LogP contribution in [-0.4, -0.2) is 40.1 Å². The van der Waals surface area contributed by atoms with E-state index in [1.807, 2.05) is 24.3 Å². The number of hydrogen-bond donors (Lipinski definition) is 3. The number of aliphatic hydroxyl groups is 1. The smallest absolute Gasteiger partial charge is 0.319 e. The van der Waals surface area contributed by atoms with Crippen LogP contribution in [0.2, 0.25) is 5.02 Å². The van der Waals surface area contributed by atoms with Gasteiger partial charge in [-0.15, -0.1) is 0 Å². The number of halogens is 2. The van der Waals surface area contributed by atoms with Crippen molar-refractivity contribution >= 4 is 29.0 Å². The van der Waals surface area contributed by atoms with Gasteiger partial charge in [0.05, 0.1) is 35.4 Å². The summed E-state index contributed by atoms with van der Waals surface area (Å²) in [5.41, 5.74) is 3.44. The molecule has 1 aromatic heterocycles. The van der Waals surface area contributed by atoms with E-state index in [2.05, 4.69) is 10.6 Å². The standard InChI is InChI=1S/C23H23ClFN5O2/c24-15-2-1-3-17(8-15)30-18(10-21(28-30)14-4-5-14)11-26-23(32)27-16-6-7-22(20(25)9-16)29-12-19(31)13-29/h1-3,6-10,14,19,31H,4-5,11-13H2,(H2,26,27,32). The number of amides is 2. The number of nitrogens with one attached hydrogen (secondary N) is 2. The lowest BCUT2D eigenvalue weighted by Gasteiger charge is -2.38. The third-order valence-corrected chi connectivity index (χ3v) is 5.92. The van der Waals surface area contributed by atoms with Crippen LogP contribution in [0.15, 0.2) is 48.5 Å². The van der Waals surface area contributed by atoms with E-state index in [1.165, 1.54) is 6.07 Å².